The SMILES string of the molecule is Cc1ccc(-n2nc(C(=O)Nc3cccc4ccccc34)nc2-c2ccc(F)cc2)cc1. The lowest BCUT2D eigenvalue weighted by molar-refractivity contribution is 0.101. The van der Waals surface area contributed by atoms with Crippen molar-refractivity contribution >= 4 is 22.4 Å². The van der Waals surface area contributed by atoms with Crippen LogP contribution in [0.2, 0.25) is 0 Å². The second-order valence-electron chi connectivity index (χ2n) is 7.49. The van der Waals surface area contributed by atoms with Crippen LogP contribution in [0.15, 0.2) is 91.0 Å². The maximum Gasteiger partial charge on any atom is 0.295 e. The molecular weight excluding hydrogens is 403 g/mol. The summed E-state index contributed by atoms with van der Waals surface area (Å²) in [5.74, 6) is -0.283. The highest BCUT2D eigenvalue weighted by Gasteiger charge is 2.19. The first-order valence-corrected chi connectivity index (χ1v) is 10.2. The minimum atomic E-state index is -0.421. The number of rotatable bonds is 4. The molecule has 1 heterocycles. The summed E-state index contributed by atoms with van der Waals surface area (Å²) in [6.45, 7) is 2.00. The molecule has 5 aromatic rings. The number of hydrogen-bond acceptors (Lipinski definition) is 3. The fraction of sp³-hybridized carbons (Fsp3) is 0.0385. The summed E-state index contributed by atoms with van der Waals surface area (Å²) in [6, 6.07) is 27.2. The van der Waals surface area contributed by atoms with Crippen LogP contribution in [0.1, 0.15) is 16.2 Å². The molecule has 156 valence electrons. The van der Waals surface area contributed by atoms with Crippen LogP contribution in [-0.2, 0) is 0 Å². The van der Waals surface area contributed by atoms with Crippen molar-refractivity contribution in [1.82, 2.24) is 14.8 Å². The van der Waals surface area contributed by atoms with E-state index in [9.17, 15) is 9.18 Å². The Balaban J connectivity index is 1.56. The minimum Gasteiger partial charge on any atom is -0.319 e. The zero-order valence-electron chi connectivity index (χ0n) is 17.3. The second kappa shape index (κ2) is 8.07. The molecule has 0 aliphatic carbocycles. The van der Waals surface area contributed by atoms with Crippen LogP contribution in [0, 0.1) is 12.7 Å². The van der Waals surface area contributed by atoms with E-state index in [-0.39, 0.29) is 11.6 Å². The van der Waals surface area contributed by atoms with Crippen molar-refractivity contribution in [3.63, 3.8) is 0 Å². The molecule has 0 aliphatic rings. The van der Waals surface area contributed by atoms with Crippen LogP contribution in [0.25, 0.3) is 27.8 Å². The summed E-state index contributed by atoms with van der Waals surface area (Å²) < 4.78 is 15.1. The molecule has 5 nitrogen and oxygen atoms in total. The zero-order chi connectivity index (χ0) is 22.1. The first-order valence-electron chi connectivity index (χ1n) is 10.2. The maximum atomic E-state index is 13.5. The molecule has 5 rings (SSSR count). The Kier molecular flexibility index (Phi) is 4.95. The zero-order valence-corrected chi connectivity index (χ0v) is 17.3. The first-order chi connectivity index (χ1) is 15.6. The van der Waals surface area contributed by atoms with E-state index < -0.39 is 5.91 Å². The van der Waals surface area contributed by atoms with E-state index in [0.717, 1.165) is 22.0 Å². The van der Waals surface area contributed by atoms with E-state index in [0.29, 0.717) is 17.1 Å². The van der Waals surface area contributed by atoms with E-state index in [1.807, 2.05) is 73.7 Å². The number of hydrogen-bond donors (Lipinski definition) is 1. The fourth-order valence-corrected chi connectivity index (χ4v) is 3.57. The molecule has 0 saturated heterocycles. The van der Waals surface area contributed by atoms with Gasteiger partial charge in [-0.3, -0.25) is 4.79 Å². The van der Waals surface area contributed by atoms with Crippen LogP contribution in [0.4, 0.5) is 10.1 Å². The van der Waals surface area contributed by atoms with Gasteiger partial charge in [0.2, 0.25) is 5.82 Å². The molecule has 6 heteroatoms. The number of fused-ring (bicyclic) bond motifs is 1. The summed E-state index contributed by atoms with van der Waals surface area (Å²) in [7, 11) is 0. The van der Waals surface area contributed by atoms with Crippen molar-refractivity contribution in [2.24, 2.45) is 0 Å². The highest BCUT2D eigenvalue weighted by molar-refractivity contribution is 6.07. The molecule has 1 N–H and O–H groups in total. The number of anilines is 1. The normalized spacial score (nSPS) is 10.9. The largest absolute Gasteiger partial charge is 0.319 e. The highest BCUT2D eigenvalue weighted by atomic mass is 19.1. The quantitative estimate of drug-likeness (QED) is 0.399. The van der Waals surface area contributed by atoms with Gasteiger partial charge in [0.25, 0.3) is 5.91 Å². The van der Waals surface area contributed by atoms with Gasteiger partial charge in [0, 0.05) is 16.6 Å². The van der Waals surface area contributed by atoms with Gasteiger partial charge < -0.3 is 5.32 Å². The molecule has 0 aliphatic heterocycles. The average molecular weight is 422 g/mol. The van der Waals surface area contributed by atoms with E-state index in [4.69, 9.17) is 0 Å². The molecule has 0 saturated carbocycles. The lowest BCUT2D eigenvalue weighted by atomic mass is 10.1. The Morgan fingerprint density at radius 3 is 2.38 bits per heavy atom. The van der Waals surface area contributed by atoms with Crippen LogP contribution in [0.5, 0.6) is 0 Å². The number of halogens is 1. The lowest BCUT2D eigenvalue weighted by Gasteiger charge is -2.07. The fourth-order valence-electron chi connectivity index (χ4n) is 3.57. The van der Waals surface area contributed by atoms with Crippen LogP contribution < -0.4 is 5.32 Å². The maximum absolute atomic E-state index is 13.5. The van der Waals surface area contributed by atoms with Gasteiger partial charge in [-0.05, 0) is 54.8 Å². The van der Waals surface area contributed by atoms with Crippen molar-refractivity contribution in [3.8, 4) is 17.1 Å². The van der Waals surface area contributed by atoms with Crippen LogP contribution >= 0.6 is 0 Å². The van der Waals surface area contributed by atoms with Gasteiger partial charge in [-0.25, -0.2) is 14.1 Å². The number of carbonyl (C=O) groups is 1. The van der Waals surface area contributed by atoms with Crippen molar-refractivity contribution in [2.45, 2.75) is 6.92 Å². The second-order valence-corrected chi connectivity index (χ2v) is 7.49. The Labute approximate surface area is 184 Å². The highest BCUT2D eigenvalue weighted by Crippen LogP contribution is 2.25. The molecule has 4 aromatic carbocycles. The molecule has 32 heavy (non-hydrogen) atoms. The first kappa shape index (κ1) is 19.6. The predicted molar refractivity (Wildman–Crippen MR) is 123 cm³/mol. The van der Waals surface area contributed by atoms with Crippen molar-refractivity contribution in [3.05, 3.63) is 108 Å². The summed E-state index contributed by atoms with van der Waals surface area (Å²) in [4.78, 5) is 17.6. The van der Waals surface area contributed by atoms with Gasteiger partial charge >= 0.3 is 0 Å². The number of amides is 1. The number of aromatic nitrogens is 3. The average Bonchev–Trinajstić information content (AvgIpc) is 3.26. The number of aryl methyl sites for hydroxylation is 1. The van der Waals surface area contributed by atoms with E-state index in [2.05, 4.69) is 15.4 Å². The van der Waals surface area contributed by atoms with Gasteiger partial charge in [-0.15, -0.1) is 5.10 Å². The standard InChI is InChI=1S/C26H19FN4O/c1-17-9-15-21(16-10-17)31-25(19-11-13-20(27)14-12-19)29-24(30-31)26(32)28-23-8-4-6-18-5-2-3-7-22(18)23/h2-16H,1H3,(H,28,32). The van der Waals surface area contributed by atoms with Gasteiger partial charge in [0.1, 0.15) is 5.82 Å². The van der Waals surface area contributed by atoms with Crippen LogP contribution in [-0.4, -0.2) is 20.7 Å². The smallest absolute Gasteiger partial charge is 0.295 e. The third-order valence-corrected chi connectivity index (χ3v) is 5.23. The molecule has 0 bridgehead atoms. The number of nitrogens with zero attached hydrogens (tertiary/aromatic N) is 3. The van der Waals surface area contributed by atoms with Crippen LogP contribution in [0.3, 0.4) is 0 Å². The molecular formula is C26H19FN4O. The summed E-state index contributed by atoms with van der Waals surface area (Å²) >= 11 is 0. The number of benzene rings is 4. The third-order valence-electron chi connectivity index (χ3n) is 5.23. The molecule has 0 fully saturated rings. The van der Waals surface area contributed by atoms with Gasteiger partial charge in [0.15, 0.2) is 5.82 Å². The van der Waals surface area contributed by atoms with E-state index >= 15 is 0 Å². The minimum absolute atomic E-state index is 0.0258. The Morgan fingerprint density at radius 2 is 1.59 bits per heavy atom. The molecule has 0 atom stereocenters. The Bertz CT molecular complexity index is 1350. The van der Waals surface area contributed by atoms with Gasteiger partial charge in [-0.2, -0.15) is 0 Å². The Hall–Kier alpha value is -4.32. The molecule has 1 amide bonds. The lowest BCUT2D eigenvalue weighted by Crippen LogP contribution is -2.14. The summed E-state index contributed by atoms with van der Waals surface area (Å²) in [6.07, 6.45) is 0. The monoisotopic (exact) mass is 422 g/mol. The molecule has 1 aromatic heterocycles. The topological polar surface area (TPSA) is 59.8 Å². The predicted octanol–water partition coefficient (Wildman–Crippen LogP) is 5.79. The Morgan fingerprint density at radius 1 is 0.875 bits per heavy atom. The van der Waals surface area contributed by atoms with Crippen molar-refractivity contribution in [2.75, 3.05) is 5.32 Å². The van der Waals surface area contributed by atoms with Crippen molar-refractivity contribution in [1.29, 1.82) is 0 Å². The van der Waals surface area contributed by atoms with Crippen molar-refractivity contribution < 1.29 is 9.18 Å². The number of carbonyl (C=O) groups excluding carboxylic acids is 1. The molecule has 0 radical (unpaired) electrons. The molecule has 0 unspecified atom stereocenters. The molecule has 0 spiro atoms. The number of nitrogens with one attached hydrogen (secondary N) is 1. The summed E-state index contributed by atoms with van der Waals surface area (Å²) in [5, 5.41) is 9.36. The van der Waals surface area contributed by atoms with E-state index in [1.54, 1.807) is 16.8 Å². The van der Waals surface area contributed by atoms with Gasteiger partial charge in [0.05, 0.1) is 5.69 Å². The van der Waals surface area contributed by atoms with E-state index in [1.165, 1.54) is 12.1 Å². The third kappa shape index (κ3) is 3.74. The summed E-state index contributed by atoms with van der Waals surface area (Å²) in [5.41, 5.74) is 3.20. The van der Waals surface area contributed by atoms with Gasteiger partial charge in [-0.1, -0.05) is 54.1 Å².